The van der Waals surface area contributed by atoms with Crippen LogP contribution in [0.3, 0.4) is 0 Å². The summed E-state index contributed by atoms with van der Waals surface area (Å²) in [6.45, 7) is 1.98. The number of anilines is 1. The molecular weight excluding hydrogens is 200 g/mol. The van der Waals surface area contributed by atoms with E-state index in [2.05, 4.69) is 5.32 Å². The van der Waals surface area contributed by atoms with E-state index >= 15 is 0 Å². The molecule has 0 spiro atoms. The van der Waals surface area contributed by atoms with Crippen molar-refractivity contribution in [2.45, 2.75) is 6.92 Å². The van der Waals surface area contributed by atoms with Crippen LogP contribution in [0.25, 0.3) is 0 Å². The second kappa shape index (κ2) is 4.67. The van der Waals surface area contributed by atoms with Gasteiger partial charge < -0.3 is 11.1 Å². The molecule has 74 valence electrons. The molecule has 0 bridgehead atoms. The highest BCUT2D eigenvalue weighted by Gasteiger charge is 1.98. The van der Waals surface area contributed by atoms with Gasteiger partial charge in [0.15, 0.2) is 0 Å². The van der Waals surface area contributed by atoms with Gasteiger partial charge in [-0.2, -0.15) is 0 Å². The molecule has 0 heterocycles. The van der Waals surface area contributed by atoms with E-state index in [9.17, 15) is 4.79 Å². The van der Waals surface area contributed by atoms with Crippen LogP contribution in [-0.4, -0.2) is 5.91 Å². The maximum atomic E-state index is 10.6. The molecule has 0 unspecified atom stereocenters. The molecule has 0 aliphatic heterocycles. The smallest absolute Gasteiger partial charge is 0.261 e. The topological polar surface area (TPSA) is 55.1 Å². The predicted molar refractivity (Wildman–Crippen MR) is 57.9 cm³/mol. The molecule has 0 saturated carbocycles. The molecular formula is C10H11ClN2O. The van der Waals surface area contributed by atoms with Gasteiger partial charge in [-0.15, -0.1) is 0 Å². The lowest BCUT2D eigenvalue weighted by atomic mass is 10.2. The summed E-state index contributed by atoms with van der Waals surface area (Å²) in [6.07, 6.45) is 1.37. The van der Waals surface area contributed by atoms with Crippen LogP contribution >= 0.6 is 11.6 Å². The first-order valence-electron chi connectivity index (χ1n) is 4.08. The number of carbonyl (C=O) groups is 1. The zero-order chi connectivity index (χ0) is 10.6. The summed E-state index contributed by atoms with van der Waals surface area (Å²) in [7, 11) is 0. The molecule has 0 fully saturated rings. The van der Waals surface area contributed by atoms with E-state index in [1.807, 2.05) is 31.2 Å². The summed E-state index contributed by atoms with van der Waals surface area (Å²) < 4.78 is 0. The number of primary amides is 1. The summed E-state index contributed by atoms with van der Waals surface area (Å²) in [6, 6.07) is 7.69. The lowest BCUT2D eigenvalue weighted by molar-refractivity contribution is -0.114. The Morgan fingerprint density at radius 2 is 2.29 bits per heavy atom. The first-order valence-corrected chi connectivity index (χ1v) is 4.46. The molecule has 14 heavy (non-hydrogen) atoms. The third-order valence-corrected chi connectivity index (χ3v) is 1.91. The first kappa shape index (κ1) is 10.6. The van der Waals surface area contributed by atoms with Crippen LogP contribution < -0.4 is 11.1 Å². The van der Waals surface area contributed by atoms with Gasteiger partial charge in [0, 0.05) is 11.9 Å². The number of halogens is 1. The Morgan fingerprint density at radius 3 is 2.86 bits per heavy atom. The van der Waals surface area contributed by atoms with Gasteiger partial charge in [0.2, 0.25) is 0 Å². The lowest BCUT2D eigenvalue weighted by Crippen LogP contribution is -2.11. The number of amides is 1. The lowest BCUT2D eigenvalue weighted by Gasteiger charge is -2.01. The maximum Gasteiger partial charge on any atom is 0.261 e. The average Bonchev–Trinajstić information content (AvgIpc) is 2.14. The zero-order valence-electron chi connectivity index (χ0n) is 7.75. The van der Waals surface area contributed by atoms with Crippen molar-refractivity contribution in [2.24, 2.45) is 5.73 Å². The number of benzene rings is 1. The Bertz CT molecular complexity index is 374. The average molecular weight is 211 g/mol. The molecule has 0 aliphatic carbocycles. The van der Waals surface area contributed by atoms with Gasteiger partial charge in [0.1, 0.15) is 5.03 Å². The second-order valence-corrected chi connectivity index (χ2v) is 3.28. The first-order chi connectivity index (χ1) is 6.59. The van der Waals surface area contributed by atoms with E-state index < -0.39 is 5.91 Å². The molecule has 0 atom stereocenters. The Labute approximate surface area is 87.6 Å². The molecule has 1 aromatic carbocycles. The minimum Gasteiger partial charge on any atom is -0.365 e. The SMILES string of the molecule is Cc1cccc(N/C=C(\Cl)C(N)=O)c1. The third kappa shape index (κ3) is 3.11. The van der Waals surface area contributed by atoms with E-state index in [1.165, 1.54) is 6.20 Å². The molecule has 0 aliphatic rings. The Hall–Kier alpha value is -1.48. The highest BCUT2D eigenvalue weighted by Crippen LogP contribution is 2.10. The zero-order valence-corrected chi connectivity index (χ0v) is 8.51. The molecule has 0 aromatic heterocycles. The van der Waals surface area contributed by atoms with Gasteiger partial charge >= 0.3 is 0 Å². The van der Waals surface area contributed by atoms with Crippen LogP contribution in [0.5, 0.6) is 0 Å². The van der Waals surface area contributed by atoms with Crippen LogP contribution in [0.4, 0.5) is 5.69 Å². The fraction of sp³-hybridized carbons (Fsp3) is 0.100. The fourth-order valence-electron chi connectivity index (χ4n) is 0.953. The quantitative estimate of drug-likeness (QED) is 0.750. The van der Waals surface area contributed by atoms with Crippen molar-refractivity contribution in [3.63, 3.8) is 0 Å². The maximum absolute atomic E-state index is 10.6. The monoisotopic (exact) mass is 210 g/mol. The van der Waals surface area contributed by atoms with Gasteiger partial charge in [0.05, 0.1) is 0 Å². The molecule has 4 heteroatoms. The van der Waals surface area contributed by atoms with Gasteiger partial charge in [-0.25, -0.2) is 0 Å². The number of rotatable bonds is 3. The molecule has 0 radical (unpaired) electrons. The van der Waals surface area contributed by atoms with Crippen molar-refractivity contribution >= 4 is 23.2 Å². The number of hydrogen-bond acceptors (Lipinski definition) is 2. The summed E-state index contributed by atoms with van der Waals surface area (Å²) in [5, 5.41) is 2.85. The highest BCUT2D eigenvalue weighted by molar-refractivity contribution is 6.41. The number of nitrogens with one attached hydrogen (secondary N) is 1. The number of carbonyl (C=O) groups excluding carboxylic acids is 1. The Morgan fingerprint density at radius 1 is 1.57 bits per heavy atom. The highest BCUT2D eigenvalue weighted by atomic mass is 35.5. The number of nitrogens with two attached hydrogens (primary N) is 1. The van der Waals surface area contributed by atoms with Gasteiger partial charge in [0.25, 0.3) is 5.91 Å². The van der Waals surface area contributed by atoms with Gasteiger partial charge in [-0.05, 0) is 24.6 Å². The van der Waals surface area contributed by atoms with Crippen molar-refractivity contribution in [1.82, 2.24) is 0 Å². The number of aryl methyl sites for hydroxylation is 1. The van der Waals surface area contributed by atoms with Crippen LogP contribution in [0.1, 0.15) is 5.56 Å². The molecule has 1 aromatic rings. The molecule has 3 N–H and O–H groups in total. The molecule has 3 nitrogen and oxygen atoms in total. The van der Waals surface area contributed by atoms with Crippen LogP contribution in [-0.2, 0) is 4.79 Å². The van der Waals surface area contributed by atoms with Crippen molar-refractivity contribution < 1.29 is 4.79 Å². The normalized spacial score (nSPS) is 11.1. The van der Waals surface area contributed by atoms with Crippen molar-refractivity contribution in [1.29, 1.82) is 0 Å². The fourth-order valence-corrected chi connectivity index (χ4v) is 1.01. The number of hydrogen-bond donors (Lipinski definition) is 2. The van der Waals surface area contributed by atoms with Crippen molar-refractivity contribution in [3.8, 4) is 0 Å². The molecule has 1 amide bonds. The third-order valence-electron chi connectivity index (χ3n) is 1.62. The van der Waals surface area contributed by atoms with Crippen molar-refractivity contribution in [3.05, 3.63) is 41.1 Å². The standard InChI is InChI=1S/C10H11ClN2O/c1-7-3-2-4-8(5-7)13-6-9(11)10(12)14/h2-6,13H,1H3,(H2,12,14)/b9-6-. The minimum atomic E-state index is -0.646. The Kier molecular flexibility index (Phi) is 3.54. The molecule has 1 rings (SSSR count). The van der Waals surface area contributed by atoms with Crippen LogP contribution in [0.15, 0.2) is 35.5 Å². The molecule has 0 saturated heterocycles. The van der Waals surface area contributed by atoms with E-state index in [1.54, 1.807) is 0 Å². The van der Waals surface area contributed by atoms with E-state index in [0.717, 1.165) is 11.3 Å². The van der Waals surface area contributed by atoms with Crippen molar-refractivity contribution in [2.75, 3.05) is 5.32 Å². The summed E-state index contributed by atoms with van der Waals surface area (Å²) in [4.78, 5) is 10.6. The van der Waals surface area contributed by atoms with Crippen LogP contribution in [0, 0.1) is 6.92 Å². The van der Waals surface area contributed by atoms with Gasteiger partial charge in [-0.1, -0.05) is 23.7 Å². The van der Waals surface area contributed by atoms with Crippen LogP contribution in [0.2, 0.25) is 0 Å². The van der Waals surface area contributed by atoms with E-state index in [0.29, 0.717) is 0 Å². The summed E-state index contributed by atoms with van der Waals surface area (Å²) in [5.41, 5.74) is 6.94. The second-order valence-electron chi connectivity index (χ2n) is 2.87. The van der Waals surface area contributed by atoms with E-state index in [-0.39, 0.29) is 5.03 Å². The summed E-state index contributed by atoms with van der Waals surface area (Å²) in [5.74, 6) is -0.646. The largest absolute Gasteiger partial charge is 0.365 e. The predicted octanol–water partition coefficient (Wildman–Crippen LogP) is 1.97. The Balaban J connectivity index is 2.71. The van der Waals surface area contributed by atoms with E-state index in [4.69, 9.17) is 17.3 Å². The summed E-state index contributed by atoms with van der Waals surface area (Å²) >= 11 is 5.53. The van der Waals surface area contributed by atoms with Gasteiger partial charge in [-0.3, -0.25) is 4.79 Å². The minimum absolute atomic E-state index is 0.0218.